The summed E-state index contributed by atoms with van der Waals surface area (Å²) < 4.78 is 24.5. The van der Waals surface area contributed by atoms with Crippen LogP contribution >= 0.6 is 0 Å². The van der Waals surface area contributed by atoms with Crippen LogP contribution in [0.4, 0.5) is 15.8 Å². The van der Waals surface area contributed by atoms with Crippen molar-refractivity contribution in [2.45, 2.75) is 19.0 Å². The summed E-state index contributed by atoms with van der Waals surface area (Å²) in [6.07, 6.45) is 0. The fourth-order valence-corrected chi connectivity index (χ4v) is 3.27. The van der Waals surface area contributed by atoms with Gasteiger partial charge in [-0.2, -0.15) is 5.11 Å². The molecule has 2 aliphatic heterocycles. The number of benzene rings is 2. The van der Waals surface area contributed by atoms with Gasteiger partial charge in [0.15, 0.2) is 12.1 Å². The summed E-state index contributed by atoms with van der Waals surface area (Å²) >= 11 is 0. The van der Waals surface area contributed by atoms with Crippen LogP contribution in [-0.4, -0.2) is 38.1 Å². The molecule has 0 spiro atoms. The minimum Gasteiger partial charge on any atom is -0.497 e. The van der Waals surface area contributed by atoms with Gasteiger partial charge < -0.3 is 9.47 Å². The van der Waals surface area contributed by atoms with E-state index < -0.39 is 29.7 Å². The minimum atomic E-state index is -0.992. The van der Waals surface area contributed by atoms with Crippen molar-refractivity contribution in [2.75, 3.05) is 24.1 Å². The van der Waals surface area contributed by atoms with Crippen molar-refractivity contribution in [1.82, 2.24) is 0 Å². The molecule has 4 rings (SSSR count). The molecule has 2 aliphatic rings. The molecule has 0 aromatic heterocycles. The molecule has 2 heterocycles. The highest BCUT2D eigenvalue weighted by Crippen LogP contribution is 2.37. The van der Waals surface area contributed by atoms with Gasteiger partial charge >= 0.3 is 0 Å². The highest BCUT2D eigenvalue weighted by molar-refractivity contribution is 6.26. The summed E-state index contributed by atoms with van der Waals surface area (Å²) in [5.74, 6) is -0.556. The normalized spacial score (nSPS) is 20.7. The number of imide groups is 1. The number of ether oxygens (including phenoxy) is 2. The number of nitrogens with zero attached hydrogens (tertiary/aromatic N) is 4. The number of hydrogen-bond acceptors (Lipinski definition) is 7. The average molecular weight is 384 g/mol. The SMILES string of the molecule is COc1cc(OC)cc(N2N=N[C@@H]3C(=O)N(c4ccc(C)c(F)c4)C(=O)[C@@H]32)c1. The number of anilines is 2. The third-order valence-corrected chi connectivity index (χ3v) is 4.80. The van der Waals surface area contributed by atoms with Crippen molar-refractivity contribution >= 4 is 23.2 Å². The minimum absolute atomic E-state index is 0.172. The van der Waals surface area contributed by atoms with E-state index in [1.54, 1.807) is 25.1 Å². The van der Waals surface area contributed by atoms with Crippen molar-refractivity contribution in [2.24, 2.45) is 10.3 Å². The fourth-order valence-electron chi connectivity index (χ4n) is 3.27. The Balaban J connectivity index is 1.71. The summed E-state index contributed by atoms with van der Waals surface area (Å²) in [6.45, 7) is 1.60. The molecule has 144 valence electrons. The number of fused-ring (bicyclic) bond motifs is 1. The van der Waals surface area contributed by atoms with Gasteiger partial charge in [0.2, 0.25) is 0 Å². The first-order chi connectivity index (χ1) is 13.4. The van der Waals surface area contributed by atoms with Crippen LogP contribution in [0, 0.1) is 12.7 Å². The predicted octanol–water partition coefficient (Wildman–Crippen LogP) is 2.65. The van der Waals surface area contributed by atoms with E-state index in [1.165, 1.54) is 37.4 Å². The van der Waals surface area contributed by atoms with Crippen LogP contribution in [-0.2, 0) is 9.59 Å². The number of aryl methyl sites for hydroxylation is 1. The Labute approximate surface area is 160 Å². The van der Waals surface area contributed by atoms with Gasteiger partial charge in [0.25, 0.3) is 11.8 Å². The monoisotopic (exact) mass is 384 g/mol. The topological polar surface area (TPSA) is 83.8 Å². The highest BCUT2D eigenvalue weighted by atomic mass is 19.1. The number of hydrogen-bond donors (Lipinski definition) is 0. The molecule has 0 aliphatic carbocycles. The second-order valence-corrected chi connectivity index (χ2v) is 6.46. The van der Waals surface area contributed by atoms with Crippen LogP contribution in [0.15, 0.2) is 46.7 Å². The standard InChI is InChI=1S/C19H17FN4O4/c1-10-4-5-11(8-15(10)20)23-18(25)16-17(19(23)26)24(22-21-16)12-6-13(27-2)9-14(7-12)28-3/h4-9,16-17H,1-3H3/t16-,17+/m0/s1. The molecule has 0 radical (unpaired) electrons. The van der Waals surface area contributed by atoms with Gasteiger partial charge in [-0.25, -0.2) is 14.3 Å². The van der Waals surface area contributed by atoms with E-state index in [0.29, 0.717) is 22.7 Å². The Morgan fingerprint density at radius 2 is 1.64 bits per heavy atom. The fraction of sp³-hybridized carbons (Fsp3) is 0.263. The van der Waals surface area contributed by atoms with Gasteiger partial charge in [0.05, 0.1) is 25.6 Å². The Morgan fingerprint density at radius 1 is 0.964 bits per heavy atom. The summed E-state index contributed by atoms with van der Waals surface area (Å²) in [6, 6.07) is 7.28. The lowest BCUT2D eigenvalue weighted by Crippen LogP contribution is -2.40. The first-order valence-corrected chi connectivity index (χ1v) is 8.51. The van der Waals surface area contributed by atoms with Crippen LogP contribution in [0.1, 0.15) is 5.56 Å². The van der Waals surface area contributed by atoms with Crippen molar-refractivity contribution in [3.05, 3.63) is 47.8 Å². The molecule has 2 amide bonds. The maximum atomic E-state index is 14.0. The molecule has 0 N–H and O–H groups in total. The predicted molar refractivity (Wildman–Crippen MR) is 98.1 cm³/mol. The summed E-state index contributed by atoms with van der Waals surface area (Å²) in [5.41, 5.74) is 1.09. The summed E-state index contributed by atoms with van der Waals surface area (Å²) in [7, 11) is 3.01. The van der Waals surface area contributed by atoms with Crippen LogP contribution in [0.25, 0.3) is 0 Å². The molecular weight excluding hydrogens is 367 g/mol. The number of rotatable bonds is 4. The quantitative estimate of drug-likeness (QED) is 0.757. The maximum Gasteiger partial charge on any atom is 0.263 e. The number of methoxy groups -OCH3 is 2. The second kappa shape index (κ2) is 6.59. The average Bonchev–Trinajstić information content (AvgIpc) is 3.24. The van der Waals surface area contributed by atoms with Gasteiger partial charge in [-0.1, -0.05) is 11.3 Å². The lowest BCUT2D eigenvalue weighted by molar-refractivity contribution is -0.121. The second-order valence-electron chi connectivity index (χ2n) is 6.46. The lowest BCUT2D eigenvalue weighted by Gasteiger charge is -2.21. The largest absolute Gasteiger partial charge is 0.497 e. The molecule has 0 saturated carbocycles. The zero-order valence-corrected chi connectivity index (χ0v) is 15.4. The van der Waals surface area contributed by atoms with E-state index in [1.807, 2.05) is 0 Å². The van der Waals surface area contributed by atoms with Crippen molar-refractivity contribution < 1.29 is 23.5 Å². The molecule has 1 fully saturated rings. The molecule has 2 atom stereocenters. The van der Waals surface area contributed by atoms with Crippen LogP contribution in [0.2, 0.25) is 0 Å². The summed E-state index contributed by atoms with van der Waals surface area (Å²) in [5, 5.41) is 9.35. The van der Waals surface area contributed by atoms with E-state index in [-0.39, 0.29) is 5.69 Å². The van der Waals surface area contributed by atoms with Gasteiger partial charge in [-0.3, -0.25) is 9.59 Å². The number of amides is 2. The van der Waals surface area contributed by atoms with Gasteiger partial charge in [-0.05, 0) is 24.6 Å². The Hall–Kier alpha value is -3.49. The molecule has 0 unspecified atom stereocenters. The lowest BCUT2D eigenvalue weighted by atomic mass is 10.1. The van der Waals surface area contributed by atoms with Gasteiger partial charge in [0, 0.05) is 18.2 Å². The number of carbonyl (C=O) groups excluding carboxylic acids is 2. The Kier molecular flexibility index (Phi) is 4.21. The van der Waals surface area contributed by atoms with Crippen LogP contribution in [0.5, 0.6) is 11.5 Å². The van der Waals surface area contributed by atoms with Gasteiger partial charge in [0.1, 0.15) is 17.3 Å². The van der Waals surface area contributed by atoms with E-state index in [2.05, 4.69) is 10.3 Å². The van der Waals surface area contributed by atoms with Crippen molar-refractivity contribution in [3.63, 3.8) is 0 Å². The molecule has 2 aromatic rings. The number of carbonyl (C=O) groups is 2. The third-order valence-electron chi connectivity index (χ3n) is 4.80. The molecule has 28 heavy (non-hydrogen) atoms. The van der Waals surface area contributed by atoms with Gasteiger partial charge in [-0.15, -0.1) is 0 Å². The zero-order chi connectivity index (χ0) is 20.0. The Morgan fingerprint density at radius 3 is 2.25 bits per heavy atom. The highest BCUT2D eigenvalue weighted by Gasteiger charge is 2.55. The molecule has 8 nitrogen and oxygen atoms in total. The van der Waals surface area contributed by atoms with Crippen molar-refractivity contribution in [1.29, 1.82) is 0 Å². The third kappa shape index (κ3) is 2.67. The Bertz CT molecular complexity index is 987. The van der Waals surface area contributed by atoms with Crippen molar-refractivity contribution in [3.8, 4) is 11.5 Å². The van der Waals surface area contributed by atoms with E-state index in [0.717, 1.165) is 4.90 Å². The summed E-state index contributed by atoms with van der Waals surface area (Å²) in [4.78, 5) is 26.8. The molecular formula is C19H17FN4O4. The molecule has 2 aromatic carbocycles. The smallest absolute Gasteiger partial charge is 0.263 e. The van der Waals surface area contributed by atoms with E-state index in [4.69, 9.17) is 9.47 Å². The zero-order valence-electron chi connectivity index (χ0n) is 15.4. The molecule has 1 saturated heterocycles. The first kappa shape index (κ1) is 17.9. The van der Waals surface area contributed by atoms with Crippen LogP contribution < -0.4 is 19.4 Å². The number of halogens is 1. The van der Waals surface area contributed by atoms with Crippen LogP contribution in [0.3, 0.4) is 0 Å². The van der Waals surface area contributed by atoms with E-state index in [9.17, 15) is 14.0 Å². The maximum absolute atomic E-state index is 14.0. The molecule has 0 bridgehead atoms. The van der Waals surface area contributed by atoms with E-state index >= 15 is 0 Å². The first-order valence-electron chi connectivity index (χ1n) is 8.51. The molecule has 9 heteroatoms.